The Balaban J connectivity index is 2.69. The summed E-state index contributed by atoms with van der Waals surface area (Å²) in [4.78, 5) is 13.6. The summed E-state index contributed by atoms with van der Waals surface area (Å²) in [6, 6.07) is 12.1. The third-order valence-corrected chi connectivity index (χ3v) is 2.88. The lowest BCUT2D eigenvalue weighted by Crippen LogP contribution is -2.37. The summed E-state index contributed by atoms with van der Waals surface area (Å²) >= 11 is 0. The van der Waals surface area contributed by atoms with Crippen LogP contribution in [0, 0.1) is 11.3 Å². The lowest BCUT2D eigenvalue weighted by Gasteiger charge is -2.26. The molecule has 0 fully saturated rings. The molecular weight excluding hydrogens is 240 g/mol. The minimum atomic E-state index is -0.247. The third-order valence-electron chi connectivity index (χ3n) is 2.88. The molecule has 1 rings (SSSR count). The van der Waals surface area contributed by atoms with Crippen molar-refractivity contribution in [3.05, 3.63) is 35.9 Å². The van der Waals surface area contributed by atoms with Gasteiger partial charge in [0, 0.05) is 12.6 Å². The van der Waals surface area contributed by atoms with Crippen molar-refractivity contribution in [2.75, 3.05) is 13.2 Å². The Kier molecular flexibility index (Phi) is 6.62. The number of rotatable bonds is 7. The Morgan fingerprint density at radius 2 is 2.11 bits per heavy atom. The van der Waals surface area contributed by atoms with E-state index in [4.69, 9.17) is 10.00 Å². The third kappa shape index (κ3) is 5.54. The molecule has 19 heavy (non-hydrogen) atoms. The summed E-state index contributed by atoms with van der Waals surface area (Å²) in [6.45, 7) is 4.97. The normalized spacial score (nSPS) is 11.9. The van der Waals surface area contributed by atoms with E-state index in [1.165, 1.54) is 0 Å². The standard InChI is InChI=1S/C15H20N2O2/c1-3-19-15(18)12-17(13(2)9-10-16)11-14-7-5-4-6-8-14/h4-8,13H,3,9,11-12H2,1-2H3. The number of carbonyl (C=O) groups excluding carboxylic acids is 1. The topological polar surface area (TPSA) is 53.3 Å². The minimum Gasteiger partial charge on any atom is -0.465 e. The number of nitrogens with zero attached hydrogens (tertiary/aromatic N) is 2. The number of esters is 1. The number of nitriles is 1. The van der Waals surface area contributed by atoms with E-state index in [0.717, 1.165) is 5.56 Å². The summed E-state index contributed by atoms with van der Waals surface area (Å²) in [5.41, 5.74) is 1.12. The van der Waals surface area contributed by atoms with Crippen LogP contribution in [0.2, 0.25) is 0 Å². The number of ether oxygens (including phenoxy) is 1. The first-order valence-electron chi connectivity index (χ1n) is 6.48. The predicted molar refractivity (Wildman–Crippen MR) is 73.2 cm³/mol. The number of hydrogen-bond donors (Lipinski definition) is 0. The summed E-state index contributed by atoms with van der Waals surface area (Å²) < 4.78 is 4.97. The molecular formula is C15H20N2O2. The van der Waals surface area contributed by atoms with Crippen molar-refractivity contribution in [3.63, 3.8) is 0 Å². The van der Waals surface area contributed by atoms with Crippen LogP contribution in [0.25, 0.3) is 0 Å². The van der Waals surface area contributed by atoms with Crippen LogP contribution < -0.4 is 0 Å². The molecule has 0 spiro atoms. The fraction of sp³-hybridized carbons (Fsp3) is 0.467. The van der Waals surface area contributed by atoms with Crippen molar-refractivity contribution in [1.82, 2.24) is 4.90 Å². The predicted octanol–water partition coefficient (Wildman–Crippen LogP) is 2.35. The molecule has 0 saturated carbocycles. The molecule has 4 heteroatoms. The van der Waals surface area contributed by atoms with E-state index in [-0.39, 0.29) is 18.6 Å². The molecule has 0 aliphatic heterocycles. The largest absolute Gasteiger partial charge is 0.465 e. The van der Waals surface area contributed by atoms with Crippen LogP contribution in [0.3, 0.4) is 0 Å². The van der Waals surface area contributed by atoms with Crippen molar-refractivity contribution in [3.8, 4) is 6.07 Å². The second-order valence-electron chi connectivity index (χ2n) is 4.41. The number of hydrogen-bond acceptors (Lipinski definition) is 4. The molecule has 4 nitrogen and oxygen atoms in total. The van der Waals surface area contributed by atoms with Gasteiger partial charge in [0.05, 0.1) is 25.6 Å². The first-order valence-corrected chi connectivity index (χ1v) is 6.48. The molecule has 0 amide bonds. The zero-order valence-electron chi connectivity index (χ0n) is 11.5. The minimum absolute atomic E-state index is 0.0228. The van der Waals surface area contributed by atoms with Crippen LogP contribution in [-0.2, 0) is 16.1 Å². The van der Waals surface area contributed by atoms with E-state index in [1.807, 2.05) is 42.2 Å². The van der Waals surface area contributed by atoms with Crippen LogP contribution in [0.5, 0.6) is 0 Å². The highest BCUT2D eigenvalue weighted by Gasteiger charge is 2.18. The van der Waals surface area contributed by atoms with Crippen molar-refractivity contribution >= 4 is 5.97 Å². The van der Waals surface area contributed by atoms with E-state index in [1.54, 1.807) is 6.92 Å². The van der Waals surface area contributed by atoms with Gasteiger partial charge in [-0.2, -0.15) is 5.26 Å². The van der Waals surface area contributed by atoms with Crippen molar-refractivity contribution in [1.29, 1.82) is 5.26 Å². The molecule has 0 saturated heterocycles. The van der Waals surface area contributed by atoms with E-state index in [2.05, 4.69) is 6.07 Å². The van der Waals surface area contributed by atoms with Gasteiger partial charge in [0.1, 0.15) is 0 Å². The first-order chi connectivity index (χ1) is 9.17. The molecule has 1 unspecified atom stereocenters. The average molecular weight is 260 g/mol. The number of benzene rings is 1. The second kappa shape index (κ2) is 8.28. The molecule has 0 aliphatic carbocycles. The maximum Gasteiger partial charge on any atom is 0.320 e. The van der Waals surface area contributed by atoms with Crippen LogP contribution in [0.4, 0.5) is 0 Å². The average Bonchev–Trinajstić information content (AvgIpc) is 2.40. The quantitative estimate of drug-likeness (QED) is 0.706. The molecule has 102 valence electrons. The second-order valence-corrected chi connectivity index (χ2v) is 4.41. The Morgan fingerprint density at radius 3 is 2.68 bits per heavy atom. The van der Waals surface area contributed by atoms with Gasteiger partial charge >= 0.3 is 5.97 Å². The van der Waals surface area contributed by atoms with Gasteiger partial charge in [-0.1, -0.05) is 30.3 Å². The fourth-order valence-corrected chi connectivity index (χ4v) is 1.82. The highest BCUT2D eigenvalue weighted by atomic mass is 16.5. The van der Waals surface area contributed by atoms with Gasteiger partial charge in [0.2, 0.25) is 0 Å². The van der Waals surface area contributed by atoms with E-state index < -0.39 is 0 Å². The zero-order valence-corrected chi connectivity index (χ0v) is 11.5. The highest BCUT2D eigenvalue weighted by molar-refractivity contribution is 5.71. The van der Waals surface area contributed by atoms with Gasteiger partial charge < -0.3 is 4.74 Å². The molecule has 0 radical (unpaired) electrons. The van der Waals surface area contributed by atoms with E-state index in [9.17, 15) is 4.79 Å². The van der Waals surface area contributed by atoms with Crippen molar-refractivity contribution < 1.29 is 9.53 Å². The molecule has 1 aromatic rings. The molecule has 0 heterocycles. The maximum absolute atomic E-state index is 11.6. The van der Waals surface area contributed by atoms with Crippen LogP contribution >= 0.6 is 0 Å². The molecule has 0 N–H and O–H groups in total. The Morgan fingerprint density at radius 1 is 1.42 bits per heavy atom. The lowest BCUT2D eigenvalue weighted by atomic mass is 10.1. The zero-order chi connectivity index (χ0) is 14.1. The van der Waals surface area contributed by atoms with Gasteiger partial charge in [0.25, 0.3) is 0 Å². The first kappa shape index (κ1) is 15.2. The van der Waals surface area contributed by atoms with E-state index in [0.29, 0.717) is 19.6 Å². The Hall–Kier alpha value is -1.86. The smallest absolute Gasteiger partial charge is 0.320 e. The Labute approximate surface area is 114 Å². The monoisotopic (exact) mass is 260 g/mol. The van der Waals surface area contributed by atoms with Crippen molar-refractivity contribution in [2.24, 2.45) is 0 Å². The van der Waals surface area contributed by atoms with Gasteiger partial charge in [-0.3, -0.25) is 9.69 Å². The van der Waals surface area contributed by atoms with Gasteiger partial charge in [-0.25, -0.2) is 0 Å². The number of carbonyl (C=O) groups is 1. The maximum atomic E-state index is 11.6. The molecule has 0 bridgehead atoms. The SMILES string of the molecule is CCOC(=O)CN(Cc1ccccc1)C(C)CC#N. The highest BCUT2D eigenvalue weighted by Crippen LogP contribution is 2.10. The summed E-state index contributed by atoms with van der Waals surface area (Å²) in [5.74, 6) is -0.247. The molecule has 0 aromatic heterocycles. The van der Waals surface area contributed by atoms with Gasteiger partial charge in [-0.05, 0) is 19.4 Å². The molecule has 1 atom stereocenters. The fourth-order valence-electron chi connectivity index (χ4n) is 1.82. The summed E-state index contributed by atoms with van der Waals surface area (Å²) in [7, 11) is 0. The van der Waals surface area contributed by atoms with Gasteiger partial charge in [0.15, 0.2) is 0 Å². The van der Waals surface area contributed by atoms with Gasteiger partial charge in [-0.15, -0.1) is 0 Å². The summed E-state index contributed by atoms with van der Waals surface area (Å²) in [6.07, 6.45) is 0.395. The Bertz CT molecular complexity index is 426. The summed E-state index contributed by atoms with van der Waals surface area (Å²) in [5, 5.41) is 8.80. The molecule has 1 aromatic carbocycles. The van der Waals surface area contributed by atoms with Crippen molar-refractivity contribution in [2.45, 2.75) is 32.9 Å². The lowest BCUT2D eigenvalue weighted by molar-refractivity contribution is -0.145. The van der Waals surface area contributed by atoms with Crippen LogP contribution in [0.15, 0.2) is 30.3 Å². The van der Waals surface area contributed by atoms with E-state index >= 15 is 0 Å². The molecule has 0 aliphatic rings. The van der Waals surface area contributed by atoms with Crippen LogP contribution in [-0.4, -0.2) is 30.1 Å². The van der Waals surface area contributed by atoms with Crippen LogP contribution in [0.1, 0.15) is 25.8 Å².